The van der Waals surface area contributed by atoms with Crippen molar-refractivity contribution in [3.8, 4) is 0 Å². The lowest BCUT2D eigenvalue weighted by atomic mass is 10.1. The highest BCUT2D eigenvalue weighted by atomic mass is 32.1. The molecule has 4 nitrogen and oxygen atoms in total. The largest absolute Gasteiger partial charge is 0.332 e. The molecule has 0 N–H and O–H groups in total. The van der Waals surface area contributed by atoms with Crippen LogP contribution in [0, 0.1) is 12.7 Å². The minimum atomic E-state index is -0.462. The van der Waals surface area contributed by atoms with Gasteiger partial charge in [0.05, 0.1) is 6.54 Å². The average Bonchev–Trinajstić information content (AvgIpc) is 3.20. The second-order valence-corrected chi connectivity index (χ2v) is 9.21. The summed E-state index contributed by atoms with van der Waals surface area (Å²) in [6.45, 7) is 5.45. The maximum absolute atomic E-state index is 13.7. The molecule has 6 heteroatoms. The normalized spacial score (nSPS) is 10.7. The third-order valence-corrected chi connectivity index (χ3v) is 6.16. The summed E-state index contributed by atoms with van der Waals surface area (Å²) in [4.78, 5) is 32.1. The van der Waals surface area contributed by atoms with Crippen LogP contribution in [-0.4, -0.2) is 34.7 Å². The van der Waals surface area contributed by atoms with E-state index in [1.807, 2.05) is 56.3 Å². The molecule has 2 amide bonds. The molecule has 0 spiro atoms. The summed E-state index contributed by atoms with van der Waals surface area (Å²) in [5.74, 6) is -0.907. The molecule has 0 saturated heterocycles. The molecule has 168 valence electrons. The molecule has 1 heterocycles. The van der Waals surface area contributed by atoms with Crippen molar-refractivity contribution in [2.75, 3.05) is 13.1 Å². The van der Waals surface area contributed by atoms with Crippen molar-refractivity contribution in [2.24, 2.45) is 0 Å². The fraction of sp³-hybridized carbons (Fsp3) is 0.308. The van der Waals surface area contributed by atoms with E-state index in [-0.39, 0.29) is 23.9 Å². The Labute approximate surface area is 193 Å². The Hall–Kier alpha value is -2.99. The van der Waals surface area contributed by atoms with E-state index in [0.29, 0.717) is 19.6 Å². The summed E-state index contributed by atoms with van der Waals surface area (Å²) in [5.41, 5.74) is 1.29. The van der Waals surface area contributed by atoms with E-state index in [4.69, 9.17) is 0 Å². The molecular formula is C26H29FN2O2S. The number of nitrogens with zero attached hydrogens (tertiary/aromatic N) is 2. The van der Waals surface area contributed by atoms with Crippen LogP contribution in [0.15, 0.2) is 66.7 Å². The lowest BCUT2D eigenvalue weighted by Gasteiger charge is -2.28. The highest BCUT2D eigenvalue weighted by molar-refractivity contribution is 7.11. The Balaban J connectivity index is 1.80. The zero-order valence-electron chi connectivity index (χ0n) is 18.6. The number of amides is 2. The second kappa shape index (κ2) is 11.6. The van der Waals surface area contributed by atoms with Gasteiger partial charge >= 0.3 is 0 Å². The number of carbonyl (C=O) groups is 2. The summed E-state index contributed by atoms with van der Waals surface area (Å²) in [6.07, 6.45) is 1.67. The van der Waals surface area contributed by atoms with Crippen LogP contribution < -0.4 is 0 Å². The molecule has 0 atom stereocenters. The second-order valence-electron chi connectivity index (χ2n) is 7.84. The quantitative estimate of drug-likeness (QED) is 0.398. The van der Waals surface area contributed by atoms with Gasteiger partial charge in [-0.25, -0.2) is 4.39 Å². The topological polar surface area (TPSA) is 40.6 Å². The fourth-order valence-electron chi connectivity index (χ4n) is 3.46. The van der Waals surface area contributed by atoms with Crippen molar-refractivity contribution in [1.82, 2.24) is 9.80 Å². The van der Waals surface area contributed by atoms with Crippen molar-refractivity contribution in [3.63, 3.8) is 0 Å². The first-order chi connectivity index (χ1) is 15.5. The third kappa shape index (κ3) is 6.76. The van der Waals surface area contributed by atoms with Crippen LogP contribution in [0.25, 0.3) is 0 Å². The van der Waals surface area contributed by atoms with Gasteiger partial charge in [-0.2, -0.15) is 0 Å². The predicted molar refractivity (Wildman–Crippen MR) is 127 cm³/mol. The molecule has 2 aromatic carbocycles. The Morgan fingerprint density at radius 3 is 2.38 bits per heavy atom. The molecule has 0 aliphatic heterocycles. The van der Waals surface area contributed by atoms with Gasteiger partial charge in [-0.1, -0.05) is 49.7 Å². The molecule has 0 saturated carbocycles. The molecule has 0 unspecified atom stereocenters. The van der Waals surface area contributed by atoms with Gasteiger partial charge in [0.1, 0.15) is 12.4 Å². The number of rotatable bonds is 10. The molecule has 0 bridgehead atoms. The van der Waals surface area contributed by atoms with Crippen molar-refractivity contribution in [2.45, 2.75) is 39.8 Å². The average molecular weight is 453 g/mol. The first-order valence-corrected chi connectivity index (χ1v) is 11.7. The minimum Gasteiger partial charge on any atom is -0.332 e. The van der Waals surface area contributed by atoms with Gasteiger partial charge in [-0.3, -0.25) is 9.59 Å². The highest BCUT2D eigenvalue weighted by Crippen LogP contribution is 2.19. The standard InChI is InChI=1S/C26H29FN2O2S/c1-3-4-15-28(26(31)22-11-8-12-23(27)16-22)19-25(30)29(17-21-9-6-5-7-10-21)18-24-14-13-20(2)32-24/h5-14,16H,3-4,15,17-19H2,1-2H3. The van der Waals surface area contributed by atoms with Gasteiger partial charge in [0.2, 0.25) is 5.91 Å². The molecule has 0 aliphatic rings. The predicted octanol–water partition coefficient (Wildman–Crippen LogP) is 5.67. The molecule has 0 radical (unpaired) electrons. The SMILES string of the molecule is CCCCN(CC(=O)N(Cc1ccccc1)Cc1ccc(C)s1)C(=O)c1cccc(F)c1. The molecule has 32 heavy (non-hydrogen) atoms. The van der Waals surface area contributed by atoms with Crippen LogP contribution >= 0.6 is 11.3 Å². The maximum atomic E-state index is 13.7. The van der Waals surface area contributed by atoms with Crippen LogP contribution in [0.3, 0.4) is 0 Å². The van der Waals surface area contributed by atoms with Crippen LogP contribution in [0.4, 0.5) is 4.39 Å². The van der Waals surface area contributed by atoms with E-state index >= 15 is 0 Å². The third-order valence-electron chi connectivity index (χ3n) is 5.18. The van der Waals surface area contributed by atoms with E-state index in [9.17, 15) is 14.0 Å². The van der Waals surface area contributed by atoms with Gasteiger partial charge in [-0.15, -0.1) is 11.3 Å². The molecular weight excluding hydrogens is 423 g/mol. The number of benzene rings is 2. The van der Waals surface area contributed by atoms with Crippen molar-refractivity contribution in [1.29, 1.82) is 0 Å². The number of unbranched alkanes of at least 4 members (excludes halogenated alkanes) is 1. The molecule has 3 aromatic rings. The smallest absolute Gasteiger partial charge is 0.254 e. The van der Waals surface area contributed by atoms with Crippen molar-refractivity contribution in [3.05, 3.63) is 93.4 Å². The van der Waals surface area contributed by atoms with Crippen LogP contribution in [0.5, 0.6) is 0 Å². The highest BCUT2D eigenvalue weighted by Gasteiger charge is 2.23. The van der Waals surface area contributed by atoms with Crippen LogP contribution in [0.2, 0.25) is 0 Å². The van der Waals surface area contributed by atoms with E-state index in [1.54, 1.807) is 22.3 Å². The zero-order chi connectivity index (χ0) is 22.9. The molecule has 1 aromatic heterocycles. The van der Waals surface area contributed by atoms with Crippen LogP contribution in [0.1, 0.15) is 45.4 Å². The monoisotopic (exact) mass is 452 g/mol. The number of thiophene rings is 1. The van der Waals surface area contributed by atoms with E-state index in [0.717, 1.165) is 23.3 Å². The number of hydrogen-bond acceptors (Lipinski definition) is 3. The van der Waals surface area contributed by atoms with E-state index in [2.05, 4.69) is 0 Å². The lowest BCUT2D eigenvalue weighted by molar-refractivity contribution is -0.133. The van der Waals surface area contributed by atoms with Gasteiger partial charge in [0.25, 0.3) is 5.91 Å². The van der Waals surface area contributed by atoms with Gasteiger partial charge in [0, 0.05) is 28.4 Å². The van der Waals surface area contributed by atoms with Crippen LogP contribution in [-0.2, 0) is 17.9 Å². The summed E-state index contributed by atoms with van der Waals surface area (Å²) in [6, 6.07) is 19.6. The van der Waals surface area contributed by atoms with Crippen molar-refractivity contribution >= 4 is 23.2 Å². The lowest BCUT2D eigenvalue weighted by Crippen LogP contribution is -2.42. The fourth-order valence-corrected chi connectivity index (χ4v) is 4.37. The van der Waals surface area contributed by atoms with Crippen molar-refractivity contribution < 1.29 is 14.0 Å². The Kier molecular flexibility index (Phi) is 8.56. The van der Waals surface area contributed by atoms with Gasteiger partial charge in [-0.05, 0) is 49.2 Å². The first kappa shape index (κ1) is 23.7. The molecule has 0 fully saturated rings. The first-order valence-electron chi connectivity index (χ1n) is 10.9. The van der Waals surface area contributed by atoms with E-state index in [1.165, 1.54) is 28.0 Å². The molecule has 0 aliphatic carbocycles. The summed E-state index contributed by atoms with van der Waals surface area (Å²) >= 11 is 1.67. The molecule has 3 rings (SSSR count). The van der Waals surface area contributed by atoms with E-state index < -0.39 is 5.82 Å². The summed E-state index contributed by atoms with van der Waals surface area (Å²) in [7, 11) is 0. The van der Waals surface area contributed by atoms with Gasteiger partial charge in [0.15, 0.2) is 0 Å². The Bertz CT molecular complexity index is 1040. The Morgan fingerprint density at radius 1 is 0.938 bits per heavy atom. The summed E-state index contributed by atoms with van der Waals surface area (Å²) < 4.78 is 13.7. The Morgan fingerprint density at radius 2 is 1.72 bits per heavy atom. The minimum absolute atomic E-state index is 0.0352. The number of hydrogen-bond donors (Lipinski definition) is 0. The maximum Gasteiger partial charge on any atom is 0.254 e. The number of halogens is 1. The zero-order valence-corrected chi connectivity index (χ0v) is 19.4. The van der Waals surface area contributed by atoms with Gasteiger partial charge < -0.3 is 9.80 Å². The number of aryl methyl sites for hydroxylation is 1. The number of carbonyl (C=O) groups excluding carboxylic acids is 2. The summed E-state index contributed by atoms with van der Waals surface area (Å²) in [5, 5.41) is 0.